The summed E-state index contributed by atoms with van der Waals surface area (Å²) in [6, 6.07) is 8.10. The van der Waals surface area contributed by atoms with Gasteiger partial charge < -0.3 is 4.74 Å². The first-order chi connectivity index (χ1) is 9.91. The Morgan fingerprint density at radius 2 is 1.95 bits per heavy atom. The van der Waals surface area contributed by atoms with Crippen LogP contribution in [0.1, 0.15) is 20.1 Å². The minimum absolute atomic E-state index is 0.0599. The molecule has 0 aliphatic rings. The molecule has 0 atom stereocenters. The molecule has 0 saturated carbocycles. The number of carbonyl (C=O) groups is 1. The van der Waals surface area contributed by atoms with Gasteiger partial charge in [-0.2, -0.15) is 13.2 Å². The van der Waals surface area contributed by atoms with Crippen LogP contribution >= 0.6 is 11.3 Å². The molecule has 0 saturated heterocycles. The summed E-state index contributed by atoms with van der Waals surface area (Å²) in [5.74, 6) is 4.29. The largest absolute Gasteiger partial charge is 0.487 e. The molecule has 8 heteroatoms. The molecule has 1 aromatic heterocycles. The van der Waals surface area contributed by atoms with Crippen LogP contribution in [0.4, 0.5) is 13.2 Å². The minimum Gasteiger partial charge on any atom is -0.487 e. The first kappa shape index (κ1) is 15.3. The number of ether oxygens (including phenoxy) is 1. The fourth-order valence-electron chi connectivity index (χ4n) is 1.62. The lowest BCUT2D eigenvalue weighted by atomic mass is 10.2. The molecule has 112 valence electrons. The number of alkyl halides is 3. The molecule has 0 fully saturated rings. The summed E-state index contributed by atoms with van der Waals surface area (Å²) in [5.41, 5.74) is 1.15. The summed E-state index contributed by atoms with van der Waals surface area (Å²) in [6.07, 6.45) is -4.48. The van der Waals surface area contributed by atoms with Crippen LogP contribution in [0.3, 0.4) is 0 Å². The Labute approximate surface area is 122 Å². The number of amides is 1. The van der Waals surface area contributed by atoms with Crippen LogP contribution in [0.5, 0.6) is 5.75 Å². The molecular formula is C13H11F3N2O2S. The summed E-state index contributed by atoms with van der Waals surface area (Å²) in [7, 11) is 0. The van der Waals surface area contributed by atoms with Crippen molar-refractivity contribution in [3.8, 4) is 5.75 Å². The summed E-state index contributed by atoms with van der Waals surface area (Å²) in [4.78, 5) is 12.2. The van der Waals surface area contributed by atoms with Crippen LogP contribution in [-0.4, -0.2) is 5.91 Å². The lowest BCUT2D eigenvalue weighted by Crippen LogP contribution is -2.29. The Bertz CT molecular complexity index is 640. The highest BCUT2D eigenvalue weighted by Crippen LogP contribution is 2.36. The summed E-state index contributed by atoms with van der Waals surface area (Å²) >= 11 is 1.10. The van der Waals surface area contributed by atoms with E-state index in [4.69, 9.17) is 10.6 Å². The van der Waals surface area contributed by atoms with Crippen molar-refractivity contribution in [1.29, 1.82) is 0 Å². The number of nitrogens with one attached hydrogen (secondary N) is 1. The Hall–Kier alpha value is -2.06. The van der Waals surface area contributed by atoms with Crippen molar-refractivity contribution in [2.45, 2.75) is 12.8 Å². The fraction of sp³-hybridized carbons (Fsp3) is 0.154. The third kappa shape index (κ3) is 3.73. The molecule has 2 aromatic rings. The molecule has 2 rings (SSSR count). The predicted molar refractivity (Wildman–Crippen MR) is 71.7 cm³/mol. The van der Waals surface area contributed by atoms with Gasteiger partial charge in [0.2, 0.25) is 0 Å². The number of nitrogen functional groups attached to an aromatic ring is 1. The SMILES string of the molecule is NNC(=O)c1ccc(COc2ccccc2C(F)(F)F)s1. The van der Waals surface area contributed by atoms with E-state index in [9.17, 15) is 18.0 Å². The van der Waals surface area contributed by atoms with Crippen molar-refractivity contribution in [2.24, 2.45) is 5.84 Å². The summed E-state index contributed by atoms with van der Waals surface area (Å²) in [6.45, 7) is -0.0599. The highest BCUT2D eigenvalue weighted by molar-refractivity contribution is 7.14. The maximum atomic E-state index is 12.8. The van der Waals surface area contributed by atoms with Gasteiger partial charge in [-0.05, 0) is 24.3 Å². The maximum Gasteiger partial charge on any atom is 0.419 e. The number of hydrogen-bond acceptors (Lipinski definition) is 4. The highest BCUT2D eigenvalue weighted by atomic mass is 32.1. The van der Waals surface area contributed by atoms with Gasteiger partial charge in [0.25, 0.3) is 5.91 Å². The van der Waals surface area contributed by atoms with Gasteiger partial charge in [-0.1, -0.05) is 12.1 Å². The standard InChI is InChI=1S/C13H11F3N2O2S/c14-13(15,16)9-3-1-2-4-10(9)20-7-8-5-6-11(21-8)12(19)18-17/h1-6H,7,17H2,(H,18,19). The quantitative estimate of drug-likeness (QED) is 0.518. The first-order valence-electron chi connectivity index (χ1n) is 5.80. The van der Waals surface area contributed by atoms with Crippen LogP contribution in [0, 0.1) is 0 Å². The number of halogens is 3. The molecule has 1 aromatic carbocycles. The smallest absolute Gasteiger partial charge is 0.419 e. The Morgan fingerprint density at radius 1 is 1.24 bits per heavy atom. The molecule has 0 aliphatic heterocycles. The average molecular weight is 316 g/mol. The number of nitrogens with two attached hydrogens (primary N) is 1. The second-order valence-corrected chi connectivity index (χ2v) is 5.19. The van der Waals surface area contributed by atoms with E-state index in [2.05, 4.69) is 0 Å². The van der Waals surface area contributed by atoms with Crippen molar-refractivity contribution < 1.29 is 22.7 Å². The van der Waals surface area contributed by atoms with E-state index < -0.39 is 17.6 Å². The second-order valence-electron chi connectivity index (χ2n) is 4.02. The fourth-order valence-corrected chi connectivity index (χ4v) is 2.45. The first-order valence-corrected chi connectivity index (χ1v) is 6.62. The number of thiophene rings is 1. The zero-order valence-corrected chi connectivity index (χ0v) is 11.4. The lowest BCUT2D eigenvalue weighted by Gasteiger charge is -2.13. The Kier molecular flexibility index (Phi) is 4.49. The molecule has 1 amide bonds. The molecule has 0 aliphatic carbocycles. The topological polar surface area (TPSA) is 64.3 Å². The number of hydrazine groups is 1. The van der Waals surface area contributed by atoms with Crippen LogP contribution in [-0.2, 0) is 12.8 Å². The molecule has 0 spiro atoms. The van der Waals surface area contributed by atoms with Crippen molar-refractivity contribution in [2.75, 3.05) is 0 Å². The van der Waals surface area contributed by atoms with E-state index in [0.717, 1.165) is 17.4 Å². The third-order valence-electron chi connectivity index (χ3n) is 2.58. The van der Waals surface area contributed by atoms with Gasteiger partial charge in [-0.15, -0.1) is 11.3 Å². The molecule has 0 bridgehead atoms. The highest BCUT2D eigenvalue weighted by Gasteiger charge is 2.34. The molecule has 0 radical (unpaired) electrons. The molecule has 4 nitrogen and oxygen atoms in total. The summed E-state index contributed by atoms with van der Waals surface area (Å²) < 4.78 is 43.6. The van der Waals surface area contributed by atoms with Gasteiger partial charge >= 0.3 is 6.18 Å². The minimum atomic E-state index is -4.48. The average Bonchev–Trinajstić information content (AvgIpc) is 2.92. The molecular weight excluding hydrogens is 305 g/mol. The van der Waals surface area contributed by atoms with Gasteiger partial charge in [0.05, 0.1) is 10.4 Å². The second kappa shape index (κ2) is 6.15. The monoisotopic (exact) mass is 316 g/mol. The van der Waals surface area contributed by atoms with Crippen molar-refractivity contribution in [1.82, 2.24) is 5.43 Å². The van der Waals surface area contributed by atoms with Crippen molar-refractivity contribution in [3.05, 3.63) is 51.7 Å². The molecule has 1 heterocycles. The molecule has 0 unspecified atom stereocenters. The lowest BCUT2D eigenvalue weighted by molar-refractivity contribution is -0.139. The van der Waals surface area contributed by atoms with Gasteiger partial charge in [0.15, 0.2) is 0 Å². The third-order valence-corrected chi connectivity index (χ3v) is 3.64. The van der Waals surface area contributed by atoms with Crippen LogP contribution in [0.15, 0.2) is 36.4 Å². The normalized spacial score (nSPS) is 11.2. The predicted octanol–water partition coefficient (Wildman–Crippen LogP) is 2.95. The van der Waals surface area contributed by atoms with E-state index in [1.54, 1.807) is 6.07 Å². The van der Waals surface area contributed by atoms with Crippen molar-refractivity contribution in [3.63, 3.8) is 0 Å². The number of rotatable bonds is 4. The summed E-state index contributed by atoms with van der Waals surface area (Å²) in [5, 5.41) is 0. The maximum absolute atomic E-state index is 12.8. The molecule has 21 heavy (non-hydrogen) atoms. The van der Waals surface area contributed by atoms with E-state index in [-0.39, 0.29) is 12.4 Å². The van der Waals surface area contributed by atoms with E-state index >= 15 is 0 Å². The van der Waals surface area contributed by atoms with Gasteiger partial charge in [-0.3, -0.25) is 10.2 Å². The molecule has 3 N–H and O–H groups in total. The number of carbonyl (C=O) groups excluding carboxylic acids is 1. The zero-order valence-electron chi connectivity index (χ0n) is 10.6. The number of hydrogen-bond donors (Lipinski definition) is 2. The van der Waals surface area contributed by atoms with Crippen molar-refractivity contribution >= 4 is 17.2 Å². The van der Waals surface area contributed by atoms with Crippen LogP contribution < -0.4 is 16.0 Å². The Balaban J connectivity index is 2.10. The van der Waals surface area contributed by atoms with Gasteiger partial charge in [0, 0.05) is 4.88 Å². The number of para-hydroxylation sites is 1. The van der Waals surface area contributed by atoms with Crippen LogP contribution in [0.25, 0.3) is 0 Å². The van der Waals surface area contributed by atoms with Crippen LogP contribution in [0.2, 0.25) is 0 Å². The van der Waals surface area contributed by atoms with E-state index in [1.165, 1.54) is 24.3 Å². The van der Waals surface area contributed by atoms with E-state index in [1.807, 2.05) is 5.43 Å². The number of benzene rings is 1. The van der Waals surface area contributed by atoms with Gasteiger partial charge in [-0.25, -0.2) is 5.84 Å². The van der Waals surface area contributed by atoms with E-state index in [0.29, 0.717) is 9.75 Å². The van der Waals surface area contributed by atoms with Gasteiger partial charge in [0.1, 0.15) is 12.4 Å². The Morgan fingerprint density at radius 3 is 2.62 bits per heavy atom. The zero-order chi connectivity index (χ0) is 15.5.